The number of aliphatic imine (C=N–C) groups is 2. The van der Waals surface area contributed by atoms with Gasteiger partial charge in [-0.05, 0) is 68.8 Å². The molecule has 0 unspecified atom stereocenters. The largest absolute Gasteiger partial charge is 0.872 e. The van der Waals surface area contributed by atoms with Gasteiger partial charge in [0, 0.05) is 36.7 Å². The average molecular weight is 645 g/mol. The highest BCUT2D eigenvalue weighted by Crippen LogP contribution is 2.56. The van der Waals surface area contributed by atoms with Crippen LogP contribution in [0.2, 0.25) is 0 Å². The van der Waals surface area contributed by atoms with E-state index in [1.54, 1.807) is 0 Å². The van der Waals surface area contributed by atoms with E-state index in [0.717, 1.165) is 45.5 Å². The van der Waals surface area contributed by atoms with Crippen molar-refractivity contribution in [2.45, 2.75) is 5.41 Å². The lowest BCUT2D eigenvalue weighted by Crippen LogP contribution is -2.28. The van der Waals surface area contributed by atoms with Crippen LogP contribution in [0.4, 0.5) is 22.7 Å². The number of benzene rings is 6. The van der Waals surface area contributed by atoms with E-state index in [2.05, 4.69) is 34.3 Å². The van der Waals surface area contributed by atoms with Crippen molar-refractivity contribution in [3.63, 3.8) is 0 Å². The van der Waals surface area contributed by atoms with Crippen molar-refractivity contribution >= 4 is 35.2 Å². The van der Waals surface area contributed by atoms with Crippen LogP contribution in [0.3, 0.4) is 0 Å². The SMILES string of the molecule is O=[N+]([O-])c1ccc([O-])c(C=Nc2ccc(C3(c4ccc(N=Cc5cc([N+](=O)[O-])ccc5[O-])cc4)c4ccccc4-c4ccccc43)cc2)c1. The molecule has 0 N–H and O–H groups in total. The molecule has 0 saturated carbocycles. The van der Waals surface area contributed by atoms with Crippen molar-refractivity contribution in [1.29, 1.82) is 0 Å². The summed E-state index contributed by atoms with van der Waals surface area (Å²) in [6.07, 6.45) is 2.67. The Hall–Kier alpha value is -6.94. The third-order valence-electron chi connectivity index (χ3n) is 8.67. The van der Waals surface area contributed by atoms with Gasteiger partial charge in [-0.2, -0.15) is 0 Å². The Bertz CT molecular complexity index is 2150. The van der Waals surface area contributed by atoms with Crippen molar-refractivity contribution in [3.05, 3.63) is 187 Å². The summed E-state index contributed by atoms with van der Waals surface area (Å²) in [5, 5.41) is 47.0. The number of nitro groups is 2. The van der Waals surface area contributed by atoms with E-state index in [9.17, 15) is 30.4 Å². The van der Waals surface area contributed by atoms with E-state index >= 15 is 0 Å². The first-order valence-electron chi connectivity index (χ1n) is 15.2. The van der Waals surface area contributed by atoms with E-state index in [1.165, 1.54) is 36.7 Å². The molecule has 0 amide bonds. The molecule has 49 heavy (non-hydrogen) atoms. The van der Waals surface area contributed by atoms with Crippen molar-refractivity contribution in [3.8, 4) is 22.6 Å². The normalized spacial score (nSPS) is 13.0. The first kappa shape index (κ1) is 30.7. The van der Waals surface area contributed by atoms with Gasteiger partial charge in [0.05, 0.1) is 26.6 Å². The highest BCUT2D eigenvalue weighted by molar-refractivity contribution is 5.88. The molecule has 238 valence electrons. The molecule has 0 fully saturated rings. The Balaban J connectivity index is 1.30. The lowest BCUT2D eigenvalue weighted by molar-refractivity contribution is -0.385. The first-order valence-corrected chi connectivity index (χ1v) is 15.2. The minimum Gasteiger partial charge on any atom is -0.872 e. The second-order valence-electron chi connectivity index (χ2n) is 11.4. The summed E-state index contributed by atoms with van der Waals surface area (Å²) in [5.74, 6) is -0.731. The number of non-ortho nitro benzene ring substituents is 2. The highest BCUT2D eigenvalue weighted by atomic mass is 16.6. The van der Waals surface area contributed by atoms with E-state index in [-0.39, 0.29) is 34.0 Å². The molecule has 10 heteroatoms. The monoisotopic (exact) mass is 644 g/mol. The van der Waals surface area contributed by atoms with Gasteiger partial charge in [0.15, 0.2) is 0 Å². The number of nitro benzene ring substituents is 2. The van der Waals surface area contributed by atoms with E-state index in [1.807, 2.05) is 72.8 Å². The summed E-state index contributed by atoms with van der Waals surface area (Å²) in [5.41, 5.74) is 6.58. The lowest BCUT2D eigenvalue weighted by atomic mass is 9.67. The third-order valence-corrected chi connectivity index (χ3v) is 8.67. The third kappa shape index (κ3) is 5.47. The molecule has 6 aromatic rings. The maximum atomic E-state index is 12.3. The van der Waals surface area contributed by atoms with Crippen LogP contribution in [0.1, 0.15) is 33.4 Å². The van der Waals surface area contributed by atoms with Gasteiger partial charge < -0.3 is 10.2 Å². The summed E-state index contributed by atoms with van der Waals surface area (Å²) in [6.45, 7) is 0. The van der Waals surface area contributed by atoms with Crippen LogP contribution in [0, 0.1) is 20.2 Å². The van der Waals surface area contributed by atoms with Gasteiger partial charge in [-0.15, -0.1) is 0 Å². The predicted molar refractivity (Wildman–Crippen MR) is 183 cm³/mol. The van der Waals surface area contributed by atoms with Crippen molar-refractivity contribution in [2.75, 3.05) is 0 Å². The second-order valence-corrected chi connectivity index (χ2v) is 11.4. The molecule has 0 spiro atoms. The standard InChI is InChI=1S/C39H26N4O6/c44-37-19-17-31(42(46)47)21-25(37)23-40-29-13-9-27(10-14-29)39(35-7-3-1-5-33(35)34-6-2-4-8-36(34)39)28-11-15-30(16-12-28)41-24-26-22-32(43(48)49)18-20-38(26)45/h1-24,44-45H/p-2. The van der Waals surface area contributed by atoms with Gasteiger partial charge in [-0.25, -0.2) is 0 Å². The molecule has 7 rings (SSSR count). The maximum Gasteiger partial charge on any atom is 0.270 e. The lowest BCUT2D eigenvalue weighted by Gasteiger charge is -2.34. The summed E-state index contributed by atoms with van der Waals surface area (Å²) >= 11 is 0. The fourth-order valence-corrected chi connectivity index (χ4v) is 6.41. The molecule has 0 radical (unpaired) electrons. The molecule has 1 aliphatic rings. The molecule has 0 aliphatic heterocycles. The molecule has 0 saturated heterocycles. The van der Waals surface area contributed by atoms with Crippen LogP contribution in [0.25, 0.3) is 11.1 Å². The van der Waals surface area contributed by atoms with Crippen LogP contribution in [-0.2, 0) is 5.41 Å². The van der Waals surface area contributed by atoms with Crippen LogP contribution in [0.15, 0.2) is 143 Å². The van der Waals surface area contributed by atoms with Crippen molar-refractivity contribution in [1.82, 2.24) is 0 Å². The topological polar surface area (TPSA) is 157 Å². The minimum absolute atomic E-state index is 0.119. The fourth-order valence-electron chi connectivity index (χ4n) is 6.41. The zero-order valence-corrected chi connectivity index (χ0v) is 25.6. The Kier molecular flexibility index (Phi) is 7.73. The Labute approximate surface area is 279 Å². The van der Waals surface area contributed by atoms with Crippen LogP contribution in [-0.4, -0.2) is 22.3 Å². The van der Waals surface area contributed by atoms with Gasteiger partial charge in [-0.1, -0.05) is 96.4 Å². The molecular weight excluding hydrogens is 620 g/mol. The summed E-state index contributed by atoms with van der Waals surface area (Å²) in [4.78, 5) is 30.2. The van der Waals surface area contributed by atoms with Gasteiger partial charge in [0.1, 0.15) is 0 Å². The molecule has 0 aromatic heterocycles. The van der Waals surface area contributed by atoms with Gasteiger partial charge in [0.25, 0.3) is 11.4 Å². The summed E-state index contributed by atoms with van der Waals surface area (Å²) in [6, 6.07) is 38.9. The predicted octanol–water partition coefficient (Wildman–Crippen LogP) is 7.51. The number of nitrogens with zero attached hydrogens (tertiary/aromatic N) is 4. The molecule has 1 aliphatic carbocycles. The van der Waals surface area contributed by atoms with Crippen molar-refractivity contribution in [2.24, 2.45) is 9.98 Å². The van der Waals surface area contributed by atoms with Crippen LogP contribution < -0.4 is 10.2 Å². The van der Waals surface area contributed by atoms with E-state index in [0.29, 0.717) is 11.4 Å². The summed E-state index contributed by atoms with van der Waals surface area (Å²) < 4.78 is 0. The van der Waals surface area contributed by atoms with Gasteiger partial charge >= 0.3 is 0 Å². The number of hydrogen-bond acceptors (Lipinski definition) is 8. The zero-order chi connectivity index (χ0) is 34.1. The Morgan fingerprint density at radius 3 is 1.29 bits per heavy atom. The molecule has 0 heterocycles. The van der Waals surface area contributed by atoms with Crippen LogP contribution >= 0.6 is 0 Å². The van der Waals surface area contributed by atoms with Crippen molar-refractivity contribution < 1.29 is 20.1 Å². The molecule has 0 bridgehead atoms. The van der Waals surface area contributed by atoms with Gasteiger partial charge in [-0.3, -0.25) is 30.2 Å². The number of rotatable bonds is 8. The maximum absolute atomic E-state index is 12.3. The second kappa shape index (κ2) is 12.3. The Morgan fingerprint density at radius 1 is 0.510 bits per heavy atom. The molecular formula is C39H24N4O6-2. The van der Waals surface area contributed by atoms with E-state index < -0.39 is 15.3 Å². The molecule has 10 nitrogen and oxygen atoms in total. The van der Waals surface area contributed by atoms with Crippen LogP contribution in [0.5, 0.6) is 11.5 Å². The zero-order valence-electron chi connectivity index (χ0n) is 25.6. The van der Waals surface area contributed by atoms with E-state index in [4.69, 9.17) is 0 Å². The quantitative estimate of drug-likeness (QED) is 0.0946. The molecule has 0 atom stereocenters. The number of fused-ring (bicyclic) bond motifs is 3. The Morgan fingerprint density at radius 2 is 0.898 bits per heavy atom. The smallest absolute Gasteiger partial charge is 0.270 e. The number of hydrogen-bond donors (Lipinski definition) is 0. The highest BCUT2D eigenvalue weighted by Gasteiger charge is 2.45. The van der Waals surface area contributed by atoms with Gasteiger partial charge in [0.2, 0.25) is 0 Å². The molecule has 6 aromatic carbocycles. The average Bonchev–Trinajstić information content (AvgIpc) is 3.42. The first-order chi connectivity index (χ1) is 23.8. The minimum atomic E-state index is -0.720. The summed E-state index contributed by atoms with van der Waals surface area (Å²) in [7, 11) is 0. The fraction of sp³-hybridized carbons (Fsp3) is 0.0256.